The molecule has 0 aromatic heterocycles. The average molecular weight is 242 g/mol. The fourth-order valence-electron chi connectivity index (χ4n) is 1.84. The minimum atomic E-state index is -0.836. The van der Waals surface area contributed by atoms with E-state index in [1.54, 1.807) is 13.2 Å². The maximum Gasteiger partial charge on any atom is 0.326 e. The lowest BCUT2D eigenvalue weighted by Gasteiger charge is -2.24. The maximum atomic E-state index is 10.9. The zero-order valence-corrected chi connectivity index (χ0v) is 9.54. The molecule has 0 amide bonds. The van der Waals surface area contributed by atoms with E-state index in [0.29, 0.717) is 23.6 Å². The summed E-state index contributed by atoms with van der Waals surface area (Å²) in [5.74, 6) is -0.214. The molecule has 86 valence electrons. The van der Waals surface area contributed by atoms with Gasteiger partial charge in [0.1, 0.15) is 11.8 Å². The van der Waals surface area contributed by atoms with Gasteiger partial charge in [0, 0.05) is 5.69 Å². The maximum absolute atomic E-state index is 10.9. The molecule has 2 rings (SSSR count). The van der Waals surface area contributed by atoms with E-state index >= 15 is 0 Å². The first kappa shape index (κ1) is 11.1. The minimum absolute atomic E-state index is 0.486. The number of benzene rings is 1. The molecule has 1 aromatic carbocycles. The molecule has 0 radical (unpaired) electrons. The fraction of sp³-hybridized carbons (Fsp3) is 0.364. The van der Waals surface area contributed by atoms with E-state index in [9.17, 15) is 4.79 Å². The molecular formula is C11H12ClNO3. The standard InChI is InChI=1S/C11H12ClNO3/c1-16-10-4-6-2-3-8(11(14)15)13-9(6)5-7(10)12/h4-5,8,13H,2-3H2,1H3,(H,14,15). The monoisotopic (exact) mass is 241 g/mol. The van der Waals surface area contributed by atoms with Crippen LogP contribution in [0.1, 0.15) is 12.0 Å². The minimum Gasteiger partial charge on any atom is -0.495 e. The van der Waals surface area contributed by atoms with Crippen molar-refractivity contribution in [3.8, 4) is 5.75 Å². The van der Waals surface area contributed by atoms with E-state index in [0.717, 1.165) is 11.3 Å². The zero-order chi connectivity index (χ0) is 11.7. The lowest BCUT2D eigenvalue weighted by molar-refractivity contribution is -0.138. The van der Waals surface area contributed by atoms with Crippen LogP contribution in [-0.4, -0.2) is 24.2 Å². The van der Waals surface area contributed by atoms with Gasteiger partial charge in [0.25, 0.3) is 0 Å². The first-order valence-corrected chi connectivity index (χ1v) is 5.35. The van der Waals surface area contributed by atoms with Gasteiger partial charge in [0.15, 0.2) is 0 Å². The van der Waals surface area contributed by atoms with Gasteiger partial charge in [-0.05, 0) is 30.5 Å². The first-order chi connectivity index (χ1) is 7.61. The Balaban J connectivity index is 2.33. The normalized spacial score (nSPS) is 18.5. The van der Waals surface area contributed by atoms with Crippen LogP contribution >= 0.6 is 11.6 Å². The summed E-state index contributed by atoms with van der Waals surface area (Å²) in [5.41, 5.74) is 1.82. The number of carbonyl (C=O) groups is 1. The molecule has 1 atom stereocenters. The number of rotatable bonds is 2. The Labute approximate surface area is 98.2 Å². The Hall–Kier alpha value is -1.42. The Morgan fingerprint density at radius 1 is 1.62 bits per heavy atom. The van der Waals surface area contributed by atoms with Crippen molar-refractivity contribution < 1.29 is 14.6 Å². The highest BCUT2D eigenvalue weighted by atomic mass is 35.5. The number of carboxylic acid groups (broad SMARTS) is 1. The Kier molecular flexibility index (Phi) is 2.92. The number of halogens is 1. The molecule has 1 aromatic rings. The Morgan fingerprint density at radius 3 is 3.00 bits per heavy atom. The summed E-state index contributed by atoms with van der Waals surface area (Å²) >= 11 is 5.98. The number of nitrogens with one attached hydrogen (secondary N) is 1. The summed E-state index contributed by atoms with van der Waals surface area (Å²) in [4.78, 5) is 10.9. The number of aryl methyl sites for hydroxylation is 1. The van der Waals surface area contributed by atoms with Crippen LogP contribution in [-0.2, 0) is 11.2 Å². The van der Waals surface area contributed by atoms with Crippen LogP contribution in [0.5, 0.6) is 5.75 Å². The number of aliphatic carboxylic acids is 1. The summed E-state index contributed by atoms with van der Waals surface area (Å²) in [6.45, 7) is 0. The summed E-state index contributed by atoms with van der Waals surface area (Å²) < 4.78 is 5.11. The van der Waals surface area contributed by atoms with Crippen molar-refractivity contribution in [2.24, 2.45) is 0 Å². The topological polar surface area (TPSA) is 58.6 Å². The van der Waals surface area contributed by atoms with Crippen LogP contribution in [0.4, 0.5) is 5.69 Å². The van der Waals surface area contributed by atoms with Crippen molar-refractivity contribution in [2.75, 3.05) is 12.4 Å². The molecule has 0 fully saturated rings. The number of anilines is 1. The molecule has 1 aliphatic rings. The van der Waals surface area contributed by atoms with Crippen LogP contribution in [0.15, 0.2) is 12.1 Å². The molecule has 4 nitrogen and oxygen atoms in total. The molecule has 0 bridgehead atoms. The van der Waals surface area contributed by atoms with Gasteiger partial charge in [0.05, 0.1) is 12.1 Å². The average Bonchev–Trinajstić information content (AvgIpc) is 2.27. The summed E-state index contributed by atoms with van der Waals surface area (Å²) in [6, 6.07) is 3.03. The number of methoxy groups -OCH3 is 1. The molecule has 0 aliphatic carbocycles. The molecule has 0 saturated heterocycles. The van der Waals surface area contributed by atoms with Crippen LogP contribution < -0.4 is 10.1 Å². The van der Waals surface area contributed by atoms with Gasteiger partial charge in [-0.1, -0.05) is 11.6 Å². The van der Waals surface area contributed by atoms with Gasteiger partial charge in [-0.2, -0.15) is 0 Å². The summed E-state index contributed by atoms with van der Waals surface area (Å²) in [6.07, 6.45) is 1.29. The highest BCUT2D eigenvalue weighted by Gasteiger charge is 2.24. The summed E-state index contributed by atoms with van der Waals surface area (Å²) in [5, 5.41) is 12.3. The van der Waals surface area contributed by atoms with Gasteiger partial charge in [0.2, 0.25) is 0 Å². The van der Waals surface area contributed by atoms with Crippen molar-refractivity contribution >= 4 is 23.3 Å². The van der Waals surface area contributed by atoms with Crippen molar-refractivity contribution in [1.29, 1.82) is 0 Å². The zero-order valence-electron chi connectivity index (χ0n) is 8.79. The largest absolute Gasteiger partial charge is 0.495 e. The number of fused-ring (bicyclic) bond motifs is 1. The second-order valence-corrected chi connectivity index (χ2v) is 4.12. The van der Waals surface area contributed by atoms with Gasteiger partial charge in [-0.15, -0.1) is 0 Å². The predicted octanol–water partition coefficient (Wildman–Crippen LogP) is 2.16. The van der Waals surface area contributed by atoms with E-state index in [-0.39, 0.29) is 0 Å². The predicted molar refractivity (Wildman–Crippen MR) is 61.4 cm³/mol. The van der Waals surface area contributed by atoms with Gasteiger partial charge in [-0.3, -0.25) is 0 Å². The molecule has 1 unspecified atom stereocenters. The Morgan fingerprint density at radius 2 is 2.38 bits per heavy atom. The van der Waals surface area contributed by atoms with Crippen LogP contribution in [0, 0.1) is 0 Å². The number of carboxylic acids is 1. The molecule has 16 heavy (non-hydrogen) atoms. The van der Waals surface area contributed by atoms with E-state index in [1.807, 2.05) is 6.07 Å². The number of ether oxygens (including phenoxy) is 1. The van der Waals surface area contributed by atoms with Gasteiger partial charge in [-0.25, -0.2) is 4.79 Å². The first-order valence-electron chi connectivity index (χ1n) is 4.97. The van der Waals surface area contributed by atoms with E-state index in [1.165, 1.54) is 0 Å². The van der Waals surface area contributed by atoms with Crippen LogP contribution in [0.25, 0.3) is 0 Å². The van der Waals surface area contributed by atoms with Crippen LogP contribution in [0.3, 0.4) is 0 Å². The molecule has 1 heterocycles. The van der Waals surface area contributed by atoms with Gasteiger partial charge >= 0.3 is 5.97 Å². The SMILES string of the molecule is COc1cc2c(cc1Cl)NC(C(=O)O)CC2. The third-order valence-corrected chi connectivity index (χ3v) is 3.00. The molecule has 1 aliphatic heterocycles. The molecule has 0 spiro atoms. The number of hydrogen-bond acceptors (Lipinski definition) is 3. The smallest absolute Gasteiger partial charge is 0.326 e. The molecule has 2 N–H and O–H groups in total. The lowest BCUT2D eigenvalue weighted by Crippen LogP contribution is -2.33. The second kappa shape index (κ2) is 4.22. The lowest BCUT2D eigenvalue weighted by atomic mass is 9.98. The quantitative estimate of drug-likeness (QED) is 0.833. The fourth-order valence-corrected chi connectivity index (χ4v) is 2.08. The van der Waals surface area contributed by atoms with Crippen molar-refractivity contribution in [3.05, 3.63) is 22.7 Å². The third-order valence-electron chi connectivity index (χ3n) is 2.71. The highest BCUT2D eigenvalue weighted by molar-refractivity contribution is 6.32. The van der Waals surface area contributed by atoms with E-state index < -0.39 is 12.0 Å². The second-order valence-electron chi connectivity index (χ2n) is 3.72. The third kappa shape index (κ3) is 1.93. The highest BCUT2D eigenvalue weighted by Crippen LogP contribution is 2.34. The van der Waals surface area contributed by atoms with E-state index in [2.05, 4.69) is 5.32 Å². The summed E-state index contributed by atoms with van der Waals surface area (Å²) in [7, 11) is 1.56. The van der Waals surface area contributed by atoms with Crippen molar-refractivity contribution in [3.63, 3.8) is 0 Å². The van der Waals surface area contributed by atoms with Crippen LogP contribution in [0.2, 0.25) is 5.02 Å². The molecular weight excluding hydrogens is 230 g/mol. The van der Waals surface area contributed by atoms with Crippen molar-refractivity contribution in [1.82, 2.24) is 0 Å². The Bertz CT molecular complexity index is 433. The molecule has 5 heteroatoms. The van der Waals surface area contributed by atoms with Crippen molar-refractivity contribution in [2.45, 2.75) is 18.9 Å². The number of hydrogen-bond donors (Lipinski definition) is 2. The van der Waals surface area contributed by atoms with Gasteiger partial charge < -0.3 is 15.2 Å². The molecule has 0 saturated carbocycles. The van der Waals surface area contributed by atoms with E-state index in [4.69, 9.17) is 21.4 Å².